The van der Waals surface area contributed by atoms with Crippen molar-refractivity contribution < 1.29 is 14.4 Å². The van der Waals surface area contributed by atoms with Crippen LogP contribution in [0.5, 0.6) is 0 Å². The molecule has 3 rings (SSSR count). The molecule has 1 saturated heterocycles. The topological polar surface area (TPSA) is 78.5 Å². The van der Waals surface area contributed by atoms with Crippen LogP contribution >= 0.6 is 11.6 Å². The normalized spacial score (nSPS) is 25.5. The van der Waals surface area contributed by atoms with Crippen molar-refractivity contribution in [2.24, 2.45) is 5.92 Å². The standard InChI is InChI=1S/C19H24ClN3O3/c1-11-8-12(2)16(14(20)9-11)21-15(24)10-23-17(25)19(22-18(23)26)7-5-4-6-13(19)3/h8-9,13H,4-7,10H2,1-3H3,(H,21,24)(H,22,26)/t13-,19+/m1/s1. The van der Waals surface area contributed by atoms with Gasteiger partial charge in [0.2, 0.25) is 5.91 Å². The van der Waals surface area contributed by atoms with E-state index in [0.717, 1.165) is 35.3 Å². The quantitative estimate of drug-likeness (QED) is 0.792. The van der Waals surface area contributed by atoms with Crippen LogP contribution < -0.4 is 10.6 Å². The molecule has 7 heteroatoms. The third-order valence-electron chi connectivity index (χ3n) is 5.50. The number of halogens is 1. The average Bonchev–Trinajstić information content (AvgIpc) is 2.79. The number of hydrogen-bond acceptors (Lipinski definition) is 3. The van der Waals surface area contributed by atoms with Crippen LogP contribution in [0.3, 0.4) is 0 Å². The van der Waals surface area contributed by atoms with Gasteiger partial charge in [0.15, 0.2) is 0 Å². The maximum Gasteiger partial charge on any atom is 0.325 e. The highest BCUT2D eigenvalue weighted by Crippen LogP contribution is 2.38. The van der Waals surface area contributed by atoms with Crippen LogP contribution in [0.1, 0.15) is 43.7 Å². The number of aryl methyl sites for hydroxylation is 2. The average molecular weight is 378 g/mol. The zero-order valence-electron chi connectivity index (χ0n) is 15.3. The first-order valence-electron chi connectivity index (χ1n) is 8.95. The molecular weight excluding hydrogens is 354 g/mol. The number of urea groups is 1. The van der Waals surface area contributed by atoms with Gasteiger partial charge in [-0.1, -0.05) is 37.4 Å². The molecule has 6 nitrogen and oxygen atoms in total. The second-order valence-corrected chi connectivity index (χ2v) is 7.83. The summed E-state index contributed by atoms with van der Waals surface area (Å²) in [6.45, 7) is 5.43. The zero-order chi connectivity index (χ0) is 19.1. The van der Waals surface area contributed by atoms with Gasteiger partial charge in [-0.25, -0.2) is 4.79 Å². The Labute approximate surface area is 158 Å². The van der Waals surface area contributed by atoms with Gasteiger partial charge in [0.1, 0.15) is 12.1 Å². The van der Waals surface area contributed by atoms with Crippen LogP contribution in [0.15, 0.2) is 12.1 Å². The first-order valence-corrected chi connectivity index (χ1v) is 9.33. The first-order chi connectivity index (χ1) is 12.2. The summed E-state index contributed by atoms with van der Waals surface area (Å²) in [5, 5.41) is 6.02. The van der Waals surface area contributed by atoms with Gasteiger partial charge in [-0.3, -0.25) is 14.5 Å². The number of hydrogen-bond donors (Lipinski definition) is 2. The fourth-order valence-electron chi connectivity index (χ4n) is 4.04. The number of benzene rings is 1. The van der Waals surface area contributed by atoms with Crippen molar-refractivity contribution in [3.05, 3.63) is 28.3 Å². The molecule has 0 unspecified atom stereocenters. The largest absolute Gasteiger partial charge is 0.325 e. The van der Waals surface area contributed by atoms with E-state index in [0.29, 0.717) is 17.1 Å². The summed E-state index contributed by atoms with van der Waals surface area (Å²) >= 11 is 6.21. The minimum atomic E-state index is -0.854. The van der Waals surface area contributed by atoms with E-state index in [1.54, 1.807) is 6.07 Å². The highest BCUT2D eigenvalue weighted by Gasteiger charge is 2.55. The third kappa shape index (κ3) is 3.18. The van der Waals surface area contributed by atoms with Gasteiger partial charge >= 0.3 is 6.03 Å². The molecule has 140 valence electrons. The van der Waals surface area contributed by atoms with E-state index in [1.165, 1.54) is 0 Å². The van der Waals surface area contributed by atoms with Crippen LogP contribution in [-0.4, -0.2) is 34.8 Å². The Kier molecular flexibility index (Phi) is 4.97. The predicted octanol–water partition coefficient (Wildman–Crippen LogP) is 3.40. The lowest BCUT2D eigenvalue weighted by Crippen LogP contribution is -2.54. The summed E-state index contributed by atoms with van der Waals surface area (Å²) < 4.78 is 0. The Balaban J connectivity index is 1.74. The first kappa shape index (κ1) is 18.7. The molecule has 1 aliphatic carbocycles. The van der Waals surface area contributed by atoms with Crippen molar-refractivity contribution in [2.75, 3.05) is 11.9 Å². The van der Waals surface area contributed by atoms with E-state index in [4.69, 9.17) is 11.6 Å². The number of nitrogens with zero attached hydrogens (tertiary/aromatic N) is 1. The molecule has 0 bridgehead atoms. The smallest absolute Gasteiger partial charge is 0.323 e. The summed E-state index contributed by atoms with van der Waals surface area (Å²) in [5.74, 6) is -0.672. The lowest BCUT2D eigenvalue weighted by atomic mass is 9.73. The number of rotatable bonds is 3. The molecule has 1 saturated carbocycles. The highest BCUT2D eigenvalue weighted by atomic mass is 35.5. The van der Waals surface area contributed by atoms with Gasteiger partial charge in [0.25, 0.3) is 5.91 Å². The van der Waals surface area contributed by atoms with Crippen LogP contribution in [0, 0.1) is 19.8 Å². The molecule has 1 aliphatic heterocycles. The van der Waals surface area contributed by atoms with E-state index < -0.39 is 17.5 Å². The molecule has 26 heavy (non-hydrogen) atoms. The summed E-state index contributed by atoms with van der Waals surface area (Å²) in [6, 6.07) is 3.18. The van der Waals surface area contributed by atoms with Gasteiger partial charge < -0.3 is 10.6 Å². The number of carbonyl (C=O) groups is 3. The maximum atomic E-state index is 12.9. The molecule has 1 spiro atoms. The Morgan fingerprint density at radius 3 is 2.73 bits per heavy atom. The number of carbonyl (C=O) groups excluding carboxylic acids is 3. The maximum absolute atomic E-state index is 12.9. The van der Waals surface area contributed by atoms with E-state index >= 15 is 0 Å². The monoisotopic (exact) mass is 377 g/mol. The Bertz CT molecular complexity index is 756. The Morgan fingerprint density at radius 2 is 2.08 bits per heavy atom. The SMILES string of the molecule is Cc1cc(C)c(NC(=O)CN2C(=O)N[C@]3(CCCC[C@H]3C)C2=O)c(Cl)c1. The van der Waals surface area contributed by atoms with E-state index in [-0.39, 0.29) is 18.4 Å². The van der Waals surface area contributed by atoms with Gasteiger partial charge in [-0.15, -0.1) is 0 Å². The molecule has 0 aromatic heterocycles. The van der Waals surface area contributed by atoms with Crippen LogP contribution in [0.25, 0.3) is 0 Å². The molecule has 1 aromatic rings. The van der Waals surface area contributed by atoms with E-state index in [1.807, 2.05) is 26.8 Å². The minimum Gasteiger partial charge on any atom is -0.323 e. The van der Waals surface area contributed by atoms with Crippen molar-refractivity contribution in [3.8, 4) is 0 Å². The molecule has 0 radical (unpaired) electrons. The van der Waals surface area contributed by atoms with Crippen molar-refractivity contribution in [1.82, 2.24) is 10.2 Å². The third-order valence-corrected chi connectivity index (χ3v) is 5.80. The lowest BCUT2D eigenvalue weighted by molar-refractivity contribution is -0.136. The van der Waals surface area contributed by atoms with Crippen molar-refractivity contribution in [3.63, 3.8) is 0 Å². The molecule has 4 amide bonds. The number of anilines is 1. The minimum absolute atomic E-state index is 0.0644. The van der Waals surface area contributed by atoms with E-state index in [9.17, 15) is 14.4 Å². The van der Waals surface area contributed by atoms with Crippen LogP contribution in [-0.2, 0) is 9.59 Å². The Hall–Kier alpha value is -2.08. The molecule has 2 atom stereocenters. The highest BCUT2D eigenvalue weighted by molar-refractivity contribution is 6.34. The Morgan fingerprint density at radius 1 is 1.35 bits per heavy atom. The fraction of sp³-hybridized carbons (Fsp3) is 0.526. The lowest BCUT2D eigenvalue weighted by Gasteiger charge is -2.36. The molecule has 1 aromatic carbocycles. The number of imide groups is 1. The van der Waals surface area contributed by atoms with Crippen LogP contribution in [0.2, 0.25) is 5.02 Å². The molecular formula is C19H24ClN3O3. The molecule has 1 heterocycles. The van der Waals surface area contributed by atoms with Gasteiger partial charge in [0.05, 0.1) is 10.7 Å². The fourth-order valence-corrected chi connectivity index (χ4v) is 4.40. The summed E-state index contributed by atoms with van der Waals surface area (Å²) in [4.78, 5) is 38.7. The predicted molar refractivity (Wildman–Crippen MR) is 100 cm³/mol. The van der Waals surface area contributed by atoms with Gasteiger partial charge in [-0.2, -0.15) is 0 Å². The van der Waals surface area contributed by atoms with Crippen molar-refractivity contribution >= 4 is 35.1 Å². The second-order valence-electron chi connectivity index (χ2n) is 7.43. The summed E-state index contributed by atoms with van der Waals surface area (Å²) in [7, 11) is 0. The van der Waals surface area contributed by atoms with Gasteiger partial charge in [-0.05, 0) is 49.8 Å². The number of amides is 4. The second kappa shape index (κ2) is 6.91. The summed E-state index contributed by atoms with van der Waals surface area (Å²) in [5.41, 5.74) is 1.48. The van der Waals surface area contributed by atoms with Gasteiger partial charge in [0, 0.05) is 0 Å². The van der Waals surface area contributed by atoms with Crippen molar-refractivity contribution in [1.29, 1.82) is 0 Å². The molecule has 2 fully saturated rings. The van der Waals surface area contributed by atoms with E-state index in [2.05, 4.69) is 10.6 Å². The summed E-state index contributed by atoms with van der Waals surface area (Å²) in [6.07, 6.45) is 3.47. The zero-order valence-corrected chi connectivity index (χ0v) is 16.1. The number of nitrogens with one attached hydrogen (secondary N) is 2. The van der Waals surface area contributed by atoms with Crippen molar-refractivity contribution in [2.45, 2.75) is 52.0 Å². The molecule has 2 N–H and O–H groups in total. The molecule has 2 aliphatic rings. The van der Waals surface area contributed by atoms with Crippen LogP contribution in [0.4, 0.5) is 10.5 Å².